The lowest BCUT2D eigenvalue weighted by Gasteiger charge is -2.24. The Bertz CT molecular complexity index is 250. The molecular weight excluding hydrogens is 312 g/mol. The van der Waals surface area contributed by atoms with Crippen molar-refractivity contribution in [1.82, 2.24) is 0 Å². The highest BCUT2D eigenvalue weighted by atomic mass is 28.4. The predicted molar refractivity (Wildman–Crippen MR) is 82.4 cm³/mol. The predicted octanol–water partition coefficient (Wildman–Crippen LogP) is -0.648. The molecule has 0 aliphatic carbocycles. The molecule has 7 nitrogen and oxygen atoms in total. The van der Waals surface area contributed by atoms with Gasteiger partial charge in [-0.05, 0) is 6.42 Å². The van der Waals surface area contributed by atoms with Gasteiger partial charge in [0, 0.05) is 34.0 Å². The standard InChI is InChI=1S/C9H20O5Si.C3H8O2Si/c1-10-15(11-2,12-3)6-4-5-13-7-9-8-14-9;6-5-2-3-1-4-3/h9H,4-8H2,1-3H3;3H,1-2H2,6H3. The van der Waals surface area contributed by atoms with Crippen LogP contribution < -0.4 is 0 Å². The van der Waals surface area contributed by atoms with Crippen molar-refractivity contribution in [3.63, 3.8) is 0 Å². The summed E-state index contributed by atoms with van der Waals surface area (Å²) < 4.78 is 36.0. The maximum absolute atomic E-state index is 5.42. The molecule has 2 aliphatic rings. The highest BCUT2D eigenvalue weighted by molar-refractivity contribution is 6.60. The zero-order valence-electron chi connectivity index (χ0n) is 13.5. The number of ether oxygens (including phenoxy) is 3. The van der Waals surface area contributed by atoms with Crippen LogP contribution in [0, 0.1) is 0 Å². The summed E-state index contributed by atoms with van der Waals surface area (Å²) in [5.41, 5.74) is 0. The summed E-state index contributed by atoms with van der Waals surface area (Å²) in [6, 6.07) is 0.780. The van der Waals surface area contributed by atoms with Gasteiger partial charge in [0.25, 0.3) is 0 Å². The maximum Gasteiger partial charge on any atom is 0.500 e. The lowest BCUT2D eigenvalue weighted by molar-refractivity contribution is 0.100. The third kappa shape index (κ3) is 9.01. The molecule has 0 N–H and O–H groups in total. The van der Waals surface area contributed by atoms with E-state index in [2.05, 4.69) is 0 Å². The van der Waals surface area contributed by atoms with Gasteiger partial charge in [-0.2, -0.15) is 0 Å². The van der Waals surface area contributed by atoms with Crippen molar-refractivity contribution in [3.8, 4) is 0 Å². The molecule has 2 heterocycles. The average molecular weight is 341 g/mol. The van der Waals surface area contributed by atoms with E-state index in [4.69, 9.17) is 31.9 Å². The third-order valence-electron chi connectivity index (χ3n) is 3.17. The first-order valence-electron chi connectivity index (χ1n) is 7.15. The molecule has 2 unspecified atom stereocenters. The Kier molecular flexibility index (Phi) is 9.88. The molecular formula is C12H28O7Si2. The summed E-state index contributed by atoms with van der Waals surface area (Å²) in [5.74, 6) is 0. The largest absolute Gasteiger partial charge is 0.500 e. The highest BCUT2D eigenvalue weighted by Crippen LogP contribution is 2.15. The highest BCUT2D eigenvalue weighted by Gasteiger charge is 2.36. The lowest BCUT2D eigenvalue weighted by Crippen LogP contribution is -2.42. The molecule has 0 bridgehead atoms. The minimum atomic E-state index is -2.39. The van der Waals surface area contributed by atoms with E-state index >= 15 is 0 Å². The Labute approximate surface area is 131 Å². The summed E-state index contributed by atoms with van der Waals surface area (Å²) in [6.45, 7) is 3.98. The summed E-state index contributed by atoms with van der Waals surface area (Å²) >= 11 is 0. The monoisotopic (exact) mass is 340 g/mol. The first-order chi connectivity index (χ1) is 10.2. The molecule has 0 spiro atoms. The van der Waals surface area contributed by atoms with Crippen LogP contribution in [-0.4, -0.2) is 85.9 Å². The van der Waals surface area contributed by atoms with E-state index in [0.717, 1.165) is 42.8 Å². The summed E-state index contributed by atoms with van der Waals surface area (Å²) in [4.78, 5) is 0. The van der Waals surface area contributed by atoms with E-state index in [1.807, 2.05) is 0 Å². The van der Waals surface area contributed by atoms with Gasteiger partial charge in [-0.15, -0.1) is 0 Å². The van der Waals surface area contributed by atoms with Crippen molar-refractivity contribution in [2.24, 2.45) is 0 Å². The number of hydrogen-bond acceptors (Lipinski definition) is 7. The molecule has 0 amide bonds. The fourth-order valence-electron chi connectivity index (χ4n) is 1.68. The van der Waals surface area contributed by atoms with Gasteiger partial charge in [-0.25, -0.2) is 0 Å². The van der Waals surface area contributed by atoms with E-state index in [1.54, 1.807) is 21.3 Å². The van der Waals surface area contributed by atoms with Gasteiger partial charge in [-0.3, -0.25) is 0 Å². The molecule has 2 atom stereocenters. The molecule has 2 saturated heterocycles. The SMILES string of the molecule is CO[Si](CCCOCC1CO1)(OC)OC.[SiH3]OCC1CO1. The van der Waals surface area contributed by atoms with Crippen LogP contribution in [0.25, 0.3) is 0 Å². The van der Waals surface area contributed by atoms with Gasteiger partial charge in [-0.1, -0.05) is 0 Å². The van der Waals surface area contributed by atoms with Gasteiger partial charge in [0.15, 0.2) is 0 Å². The second kappa shape index (κ2) is 10.8. The Morgan fingerprint density at radius 1 is 1.00 bits per heavy atom. The van der Waals surface area contributed by atoms with Gasteiger partial charge in [0.2, 0.25) is 0 Å². The number of hydrogen-bond donors (Lipinski definition) is 0. The first kappa shape index (κ1) is 19.2. The van der Waals surface area contributed by atoms with Crippen LogP contribution in [0.5, 0.6) is 0 Å². The zero-order valence-corrected chi connectivity index (χ0v) is 16.5. The van der Waals surface area contributed by atoms with Gasteiger partial charge >= 0.3 is 8.80 Å². The molecule has 2 aliphatic heterocycles. The topological polar surface area (TPSA) is 71.2 Å². The minimum Gasteiger partial charge on any atom is -0.425 e. The number of epoxide rings is 2. The fraction of sp³-hybridized carbons (Fsp3) is 1.00. The van der Waals surface area contributed by atoms with Crippen molar-refractivity contribution >= 4 is 19.3 Å². The molecule has 0 saturated carbocycles. The van der Waals surface area contributed by atoms with Crippen LogP contribution in [0.3, 0.4) is 0 Å². The summed E-state index contributed by atoms with van der Waals surface area (Å²) in [6.07, 6.45) is 1.68. The van der Waals surface area contributed by atoms with Crippen LogP contribution in [-0.2, 0) is 31.9 Å². The molecule has 0 aromatic rings. The van der Waals surface area contributed by atoms with E-state index in [9.17, 15) is 0 Å². The average Bonchev–Trinajstić information content (AvgIpc) is 3.39. The quantitative estimate of drug-likeness (QED) is 0.281. The van der Waals surface area contributed by atoms with Gasteiger partial charge in [0.05, 0.1) is 26.4 Å². The Balaban J connectivity index is 0.000000304. The van der Waals surface area contributed by atoms with Crippen molar-refractivity contribution in [2.75, 3.05) is 54.4 Å². The van der Waals surface area contributed by atoms with Crippen LogP contribution in [0.2, 0.25) is 6.04 Å². The second-order valence-electron chi connectivity index (χ2n) is 4.84. The van der Waals surface area contributed by atoms with E-state index < -0.39 is 8.80 Å². The second-order valence-corrected chi connectivity index (χ2v) is 8.51. The fourth-order valence-corrected chi connectivity index (χ4v) is 3.74. The molecule has 2 rings (SSSR count). The molecule has 21 heavy (non-hydrogen) atoms. The van der Waals surface area contributed by atoms with Gasteiger partial charge in [0.1, 0.15) is 22.7 Å². The first-order valence-corrected chi connectivity index (χ1v) is 9.90. The maximum atomic E-state index is 5.42. The minimum absolute atomic E-state index is 0.333. The number of rotatable bonds is 11. The smallest absolute Gasteiger partial charge is 0.425 e. The molecule has 2 fully saturated rings. The molecule has 0 aromatic heterocycles. The summed E-state index contributed by atoms with van der Waals surface area (Å²) in [5, 5.41) is 0. The Morgan fingerprint density at radius 2 is 1.52 bits per heavy atom. The molecule has 126 valence electrons. The van der Waals surface area contributed by atoms with Crippen molar-refractivity contribution in [2.45, 2.75) is 24.7 Å². The van der Waals surface area contributed by atoms with Crippen LogP contribution in [0.15, 0.2) is 0 Å². The molecule has 0 aromatic carbocycles. The van der Waals surface area contributed by atoms with E-state index in [-0.39, 0.29) is 0 Å². The zero-order chi connectivity index (χ0) is 15.6. The van der Waals surface area contributed by atoms with Crippen molar-refractivity contribution in [1.29, 1.82) is 0 Å². The van der Waals surface area contributed by atoms with Crippen LogP contribution in [0.1, 0.15) is 6.42 Å². The van der Waals surface area contributed by atoms with Crippen molar-refractivity contribution < 1.29 is 31.9 Å². The van der Waals surface area contributed by atoms with Crippen LogP contribution in [0.4, 0.5) is 0 Å². The van der Waals surface area contributed by atoms with E-state index in [0.29, 0.717) is 25.4 Å². The van der Waals surface area contributed by atoms with E-state index in [1.165, 1.54) is 0 Å². The lowest BCUT2D eigenvalue weighted by atomic mass is 10.5. The Hall–Kier alpha value is 0.154. The summed E-state index contributed by atoms with van der Waals surface area (Å²) in [7, 11) is 3.33. The van der Waals surface area contributed by atoms with Crippen LogP contribution >= 0.6 is 0 Å². The molecule has 9 heteroatoms. The normalized spacial score (nSPS) is 23.6. The Morgan fingerprint density at radius 3 is 1.90 bits per heavy atom. The third-order valence-corrected chi connectivity index (χ3v) is 6.33. The molecule has 0 radical (unpaired) electrons. The van der Waals surface area contributed by atoms with Gasteiger partial charge < -0.3 is 31.9 Å². The van der Waals surface area contributed by atoms with Crippen molar-refractivity contribution in [3.05, 3.63) is 0 Å².